The van der Waals surface area contributed by atoms with Gasteiger partial charge in [0.25, 0.3) is 0 Å². The van der Waals surface area contributed by atoms with Crippen molar-refractivity contribution in [2.45, 2.75) is 45.6 Å². The van der Waals surface area contributed by atoms with E-state index in [1.165, 1.54) is 10.8 Å². The SMILES string of the molecule is C#CC(CC)NCc1ccc([Si](C)(C)C)cc1. The Balaban J connectivity index is 2.61. The number of terminal acetylenes is 1. The summed E-state index contributed by atoms with van der Waals surface area (Å²) >= 11 is 0. The van der Waals surface area contributed by atoms with Crippen LogP contribution in [0, 0.1) is 12.3 Å². The van der Waals surface area contributed by atoms with Gasteiger partial charge in [0.15, 0.2) is 0 Å². The highest BCUT2D eigenvalue weighted by Gasteiger charge is 2.15. The second-order valence-electron chi connectivity index (χ2n) is 5.46. The first kappa shape index (κ1) is 14.0. The summed E-state index contributed by atoms with van der Waals surface area (Å²) in [5.41, 5.74) is 1.31. The molecular formula is C15H23NSi. The lowest BCUT2D eigenvalue weighted by Crippen LogP contribution is -2.37. The van der Waals surface area contributed by atoms with Crippen LogP contribution in [0.5, 0.6) is 0 Å². The third-order valence-electron chi connectivity index (χ3n) is 2.98. The fourth-order valence-electron chi connectivity index (χ4n) is 1.68. The second-order valence-corrected chi connectivity index (χ2v) is 10.5. The monoisotopic (exact) mass is 245 g/mol. The molecule has 0 aromatic heterocycles. The van der Waals surface area contributed by atoms with Crippen molar-refractivity contribution in [1.29, 1.82) is 0 Å². The van der Waals surface area contributed by atoms with Crippen LogP contribution in [0.4, 0.5) is 0 Å². The molecule has 1 aromatic carbocycles. The average molecular weight is 245 g/mol. The summed E-state index contributed by atoms with van der Waals surface area (Å²) in [7, 11) is -1.17. The summed E-state index contributed by atoms with van der Waals surface area (Å²) in [6.45, 7) is 10.1. The first-order valence-electron chi connectivity index (χ1n) is 6.26. The summed E-state index contributed by atoms with van der Waals surface area (Å²) < 4.78 is 0. The smallest absolute Gasteiger partial charge is 0.0775 e. The van der Waals surface area contributed by atoms with E-state index in [0.29, 0.717) is 0 Å². The quantitative estimate of drug-likeness (QED) is 0.621. The Labute approximate surface area is 107 Å². The van der Waals surface area contributed by atoms with Crippen molar-refractivity contribution in [2.24, 2.45) is 0 Å². The molecule has 0 radical (unpaired) electrons. The van der Waals surface area contributed by atoms with Crippen molar-refractivity contribution in [1.82, 2.24) is 5.32 Å². The fourth-order valence-corrected chi connectivity index (χ4v) is 2.85. The Morgan fingerprint density at radius 1 is 1.24 bits per heavy atom. The standard InChI is InChI=1S/C15H23NSi/c1-6-14(7-2)16-12-13-8-10-15(11-9-13)17(3,4)5/h1,8-11,14,16H,7,12H2,2-5H3. The van der Waals surface area contributed by atoms with Crippen molar-refractivity contribution in [3.8, 4) is 12.3 Å². The molecule has 2 heteroatoms. The van der Waals surface area contributed by atoms with E-state index in [-0.39, 0.29) is 6.04 Å². The third kappa shape index (κ3) is 4.38. The van der Waals surface area contributed by atoms with Crippen LogP contribution in [0.1, 0.15) is 18.9 Å². The van der Waals surface area contributed by atoms with Crippen LogP contribution in [0.15, 0.2) is 24.3 Å². The first-order chi connectivity index (χ1) is 7.97. The highest BCUT2D eigenvalue weighted by molar-refractivity contribution is 6.88. The lowest BCUT2D eigenvalue weighted by Gasteiger charge is -2.17. The maximum absolute atomic E-state index is 5.42. The van der Waals surface area contributed by atoms with Gasteiger partial charge in [-0.2, -0.15) is 0 Å². The highest BCUT2D eigenvalue weighted by Crippen LogP contribution is 2.05. The third-order valence-corrected chi connectivity index (χ3v) is 5.05. The van der Waals surface area contributed by atoms with E-state index in [9.17, 15) is 0 Å². The molecule has 1 N–H and O–H groups in total. The molecule has 0 heterocycles. The minimum atomic E-state index is -1.17. The van der Waals surface area contributed by atoms with Gasteiger partial charge in [0.2, 0.25) is 0 Å². The predicted octanol–water partition coefficient (Wildman–Crippen LogP) is 2.73. The van der Waals surface area contributed by atoms with Gasteiger partial charge >= 0.3 is 0 Å². The van der Waals surface area contributed by atoms with Crippen molar-refractivity contribution in [3.63, 3.8) is 0 Å². The molecule has 1 atom stereocenters. The minimum absolute atomic E-state index is 0.187. The van der Waals surface area contributed by atoms with Crippen molar-refractivity contribution in [2.75, 3.05) is 0 Å². The Hall–Kier alpha value is -1.04. The molecule has 17 heavy (non-hydrogen) atoms. The molecule has 0 spiro atoms. The fraction of sp³-hybridized carbons (Fsp3) is 0.467. The van der Waals surface area contributed by atoms with Crippen LogP contribution >= 0.6 is 0 Å². The Morgan fingerprint density at radius 3 is 2.24 bits per heavy atom. The molecule has 0 saturated carbocycles. The summed E-state index contributed by atoms with van der Waals surface area (Å²) in [5, 5.41) is 4.87. The van der Waals surface area contributed by atoms with Gasteiger partial charge in [-0.15, -0.1) is 6.42 Å². The molecule has 0 aliphatic carbocycles. The topological polar surface area (TPSA) is 12.0 Å². The molecule has 1 nitrogen and oxygen atoms in total. The van der Waals surface area contributed by atoms with E-state index in [2.05, 4.69) is 62.1 Å². The summed E-state index contributed by atoms with van der Waals surface area (Å²) in [6.07, 6.45) is 6.40. The Kier molecular flexibility index (Phi) is 4.98. The van der Waals surface area contributed by atoms with E-state index in [0.717, 1.165) is 13.0 Å². The Bertz CT molecular complexity index is 381. The van der Waals surface area contributed by atoms with Gasteiger partial charge in [-0.05, 0) is 12.0 Å². The minimum Gasteiger partial charge on any atom is -0.300 e. The lowest BCUT2D eigenvalue weighted by atomic mass is 10.2. The zero-order valence-electron chi connectivity index (χ0n) is 11.4. The summed E-state index contributed by atoms with van der Waals surface area (Å²) in [4.78, 5) is 0. The van der Waals surface area contributed by atoms with Crippen molar-refractivity contribution >= 4 is 13.3 Å². The lowest BCUT2D eigenvalue weighted by molar-refractivity contribution is 0.592. The largest absolute Gasteiger partial charge is 0.300 e. The van der Waals surface area contributed by atoms with Gasteiger partial charge in [-0.3, -0.25) is 5.32 Å². The van der Waals surface area contributed by atoms with Crippen LogP contribution in [0.25, 0.3) is 0 Å². The van der Waals surface area contributed by atoms with E-state index in [1.807, 2.05) is 0 Å². The molecular weight excluding hydrogens is 222 g/mol. The molecule has 0 bridgehead atoms. The maximum atomic E-state index is 5.42. The molecule has 92 valence electrons. The number of hydrogen-bond acceptors (Lipinski definition) is 1. The van der Waals surface area contributed by atoms with Gasteiger partial charge < -0.3 is 0 Å². The molecule has 0 aliphatic rings. The van der Waals surface area contributed by atoms with Gasteiger partial charge in [-0.25, -0.2) is 0 Å². The van der Waals surface area contributed by atoms with Crippen LogP contribution in [0.2, 0.25) is 19.6 Å². The number of nitrogens with one attached hydrogen (secondary N) is 1. The van der Waals surface area contributed by atoms with Crippen LogP contribution in [-0.2, 0) is 6.54 Å². The van der Waals surface area contributed by atoms with Gasteiger partial charge in [0, 0.05) is 6.54 Å². The molecule has 0 fully saturated rings. The second kappa shape index (κ2) is 6.04. The summed E-state index contributed by atoms with van der Waals surface area (Å²) in [6, 6.07) is 9.14. The van der Waals surface area contributed by atoms with Crippen LogP contribution < -0.4 is 10.5 Å². The number of hydrogen-bond donors (Lipinski definition) is 1. The van der Waals surface area contributed by atoms with Crippen LogP contribution in [-0.4, -0.2) is 14.1 Å². The molecule has 0 saturated heterocycles. The van der Waals surface area contributed by atoms with Gasteiger partial charge in [0.1, 0.15) is 0 Å². The number of benzene rings is 1. The van der Waals surface area contributed by atoms with E-state index >= 15 is 0 Å². The zero-order chi connectivity index (χ0) is 12.9. The van der Waals surface area contributed by atoms with Gasteiger partial charge in [-0.1, -0.05) is 61.9 Å². The normalized spacial score (nSPS) is 13.1. The molecule has 0 amide bonds. The van der Waals surface area contributed by atoms with Crippen molar-refractivity contribution in [3.05, 3.63) is 29.8 Å². The summed E-state index contributed by atoms with van der Waals surface area (Å²) in [5.74, 6) is 2.75. The zero-order valence-corrected chi connectivity index (χ0v) is 12.4. The molecule has 0 aliphatic heterocycles. The van der Waals surface area contributed by atoms with Crippen molar-refractivity contribution < 1.29 is 0 Å². The Morgan fingerprint density at radius 2 is 1.82 bits per heavy atom. The van der Waals surface area contributed by atoms with E-state index < -0.39 is 8.07 Å². The molecule has 1 rings (SSSR count). The first-order valence-corrected chi connectivity index (χ1v) is 9.76. The van der Waals surface area contributed by atoms with Gasteiger partial charge in [0.05, 0.1) is 14.1 Å². The maximum Gasteiger partial charge on any atom is 0.0775 e. The molecule has 1 unspecified atom stereocenters. The van der Waals surface area contributed by atoms with Crippen LogP contribution in [0.3, 0.4) is 0 Å². The average Bonchev–Trinajstić information content (AvgIpc) is 2.30. The number of rotatable bonds is 5. The van der Waals surface area contributed by atoms with E-state index in [1.54, 1.807) is 0 Å². The van der Waals surface area contributed by atoms with E-state index in [4.69, 9.17) is 6.42 Å². The predicted molar refractivity (Wildman–Crippen MR) is 79.2 cm³/mol. The molecule has 1 aromatic rings. The highest BCUT2D eigenvalue weighted by atomic mass is 28.3.